The molecule has 9 heteroatoms. The van der Waals surface area contributed by atoms with E-state index in [2.05, 4.69) is 10.6 Å². The fourth-order valence-corrected chi connectivity index (χ4v) is 4.84. The van der Waals surface area contributed by atoms with Crippen molar-refractivity contribution in [1.82, 2.24) is 13.9 Å². The van der Waals surface area contributed by atoms with Gasteiger partial charge in [-0.25, -0.2) is 0 Å². The minimum Gasteiger partial charge on any atom is -0.345 e. The number of amides is 2. The van der Waals surface area contributed by atoms with Crippen LogP contribution < -0.4 is 10.6 Å². The molecular weight excluding hydrogens is 428 g/mol. The number of carbonyl (C=O) groups excluding carboxylic acids is 2. The molecule has 0 aromatic heterocycles. The van der Waals surface area contributed by atoms with Crippen molar-refractivity contribution in [2.75, 3.05) is 32.5 Å². The Morgan fingerprint density at radius 3 is 2.22 bits per heavy atom. The summed E-state index contributed by atoms with van der Waals surface area (Å²) in [6.07, 6.45) is 0.858. The lowest BCUT2D eigenvalue weighted by atomic mass is 9.97. The van der Waals surface area contributed by atoms with Crippen molar-refractivity contribution < 1.29 is 18.0 Å². The number of nitrogens with zero attached hydrogens (tertiary/aromatic N) is 2. The van der Waals surface area contributed by atoms with Gasteiger partial charge in [0.2, 0.25) is 5.91 Å². The lowest BCUT2D eigenvalue weighted by molar-refractivity contribution is -0.120. The molecule has 1 aliphatic heterocycles. The largest absolute Gasteiger partial charge is 0.345 e. The van der Waals surface area contributed by atoms with Crippen LogP contribution in [0.5, 0.6) is 0 Å². The van der Waals surface area contributed by atoms with Crippen molar-refractivity contribution >= 4 is 27.7 Å². The molecule has 0 spiro atoms. The average molecular weight is 459 g/mol. The van der Waals surface area contributed by atoms with Gasteiger partial charge in [0.15, 0.2) is 0 Å². The van der Waals surface area contributed by atoms with Crippen LogP contribution in [0.1, 0.15) is 41.7 Å². The number of piperidine rings is 1. The topological polar surface area (TPSA) is 98.8 Å². The summed E-state index contributed by atoms with van der Waals surface area (Å²) in [7, 11) is -0.489. The highest BCUT2D eigenvalue weighted by molar-refractivity contribution is 7.86. The maximum atomic E-state index is 12.9. The molecule has 0 aliphatic carbocycles. The van der Waals surface area contributed by atoms with E-state index in [1.807, 2.05) is 37.3 Å². The van der Waals surface area contributed by atoms with Crippen molar-refractivity contribution in [2.45, 2.75) is 25.8 Å². The minimum atomic E-state index is -3.48. The number of nitrogens with one attached hydrogen (secondary N) is 2. The van der Waals surface area contributed by atoms with Crippen LogP contribution >= 0.6 is 0 Å². The van der Waals surface area contributed by atoms with Crippen molar-refractivity contribution in [2.24, 2.45) is 5.92 Å². The van der Waals surface area contributed by atoms with Gasteiger partial charge in [-0.15, -0.1) is 0 Å². The Morgan fingerprint density at radius 1 is 1.00 bits per heavy atom. The summed E-state index contributed by atoms with van der Waals surface area (Å²) in [6.45, 7) is 2.48. The molecule has 172 valence electrons. The zero-order valence-electron chi connectivity index (χ0n) is 18.6. The third-order valence-corrected chi connectivity index (χ3v) is 7.63. The average Bonchev–Trinajstić information content (AvgIpc) is 2.79. The summed E-state index contributed by atoms with van der Waals surface area (Å²) >= 11 is 0. The Balaban J connectivity index is 1.64. The Hall–Kier alpha value is -2.75. The van der Waals surface area contributed by atoms with Crippen molar-refractivity contribution in [3.05, 3.63) is 65.7 Å². The molecule has 2 aromatic rings. The van der Waals surface area contributed by atoms with E-state index in [0.29, 0.717) is 24.1 Å². The van der Waals surface area contributed by atoms with Crippen molar-refractivity contribution in [3.8, 4) is 0 Å². The van der Waals surface area contributed by atoms with Gasteiger partial charge in [-0.3, -0.25) is 9.59 Å². The zero-order valence-corrected chi connectivity index (χ0v) is 19.4. The second kappa shape index (κ2) is 10.2. The van der Waals surface area contributed by atoms with E-state index in [0.717, 1.165) is 5.56 Å². The maximum absolute atomic E-state index is 12.9. The van der Waals surface area contributed by atoms with Crippen LogP contribution in [0.3, 0.4) is 0 Å². The van der Waals surface area contributed by atoms with Gasteiger partial charge >= 0.3 is 0 Å². The van der Waals surface area contributed by atoms with E-state index in [-0.39, 0.29) is 36.9 Å². The number of hydrogen-bond acceptors (Lipinski definition) is 4. The summed E-state index contributed by atoms with van der Waals surface area (Å²) in [4.78, 5) is 25.7. The normalized spacial score (nSPS) is 16.5. The van der Waals surface area contributed by atoms with E-state index < -0.39 is 10.2 Å². The first-order valence-corrected chi connectivity index (χ1v) is 12.0. The number of carbonyl (C=O) groups is 2. The Bertz CT molecular complexity index is 1050. The van der Waals surface area contributed by atoms with Gasteiger partial charge in [0.05, 0.1) is 17.3 Å². The van der Waals surface area contributed by atoms with Gasteiger partial charge in [0.1, 0.15) is 0 Å². The number of para-hydroxylation sites is 1. The first-order valence-electron chi connectivity index (χ1n) is 10.6. The predicted molar refractivity (Wildman–Crippen MR) is 124 cm³/mol. The lowest BCUT2D eigenvalue weighted by Gasteiger charge is -2.32. The summed E-state index contributed by atoms with van der Waals surface area (Å²) in [6, 6.07) is 16.4. The third-order valence-electron chi connectivity index (χ3n) is 5.69. The Morgan fingerprint density at radius 2 is 1.59 bits per heavy atom. The quantitative estimate of drug-likeness (QED) is 0.666. The van der Waals surface area contributed by atoms with E-state index in [1.54, 1.807) is 24.3 Å². The van der Waals surface area contributed by atoms with Gasteiger partial charge < -0.3 is 10.6 Å². The maximum Gasteiger partial charge on any atom is 0.281 e. The second-order valence-electron chi connectivity index (χ2n) is 8.10. The van der Waals surface area contributed by atoms with Crippen molar-refractivity contribution in [3.63, 3.8) is 0 Å². The van der Waals surface area contributed by atoms with E-state index in [9.17, 15) is 18.0 Å². The summed E-state index contributed by atoms with van der Waals surface area (Å²) in [5.41, 5.74) is 1.82. The molecule has 2 aromatic carbocycles. The molecule has 32 heavy (non-hydrogen) atoms. The molecule has 8 nitrogen and oxygen atoms in total. The number of anilines is 1. The first-order chi connectivity index (χ1) is 15.2. The van der Waals surface area contributed by atoms with E-state index in [1.165, 1.54) is 22.7 Å². The monoisotopic (exact) mass is 458 g/mol. The highest BCUT2D eigenvalue weighted by Gasteiger charge is 2.32. The smallest absolute Gasteiger partial charge is 0.281 e. The fourth-order valence-electron chi connectivity index (χ4n) is 3.70. The molecule has 3 rings (SSSR count). The molecule has 0 radical (unpaired) electrons. The molecule has 0 bridgehead atoms. The first kappa shape index (κ1) is 23.9. The van der Waals surface area contributed by atoms with Crippen LogP contribution in [-0.4, -0.2) is 56.0 Å². The molecule has 2 N–H and O–H groups in total. The molecule has 0 unspecified atom stereocenters. The van der Waals surface area contributed by atoms with Gasteiger partial charge in [-0.2, -0.15) is 17.0 Å². The van der Waals surface area contributed by atoms with Crippen molar-refractivity contribution in [1.29, 1.82) is 0 Å². The van der Waals surface area contributed by atoms with Crippen LogP contribution in [0.15, 0.2) is 54.6 Å². The Labute approximate surface area is 189 Å². The molecular formula is C23H30N4O4S. The highest BCUT2D eigenvalue weighted by atomic mass is 32.2. The van der Waals surface area contributed by atoms with Crippen LogP contribution in [0.4, 0.5) is 5.69 Å². The van der Waals surface area contributed by atoms with Gasteiger partial charge in [-0.1, -0.05) is 42.5 Å². The van der Waals surface area contributed by atoms with Crippen LogP contribution in [0, 0.1) is 5.92 Å². The number of rotatable bonds is 7. The number of hydrogen-bond donors (Lipinski definition) is 2. The number of benzene rings is 2. The molecule has 1 aliphatic rings. The molecule has 0 saturated carbocycles. The zero-order chi connectivity index (χ0) is 23.3. The van der Waals surface area contributed by atoms with Gasteiger partial charge in [-0.05, 0) is 37.5 Å². The van der Waals surface area contributed by atoms with Gasteiger partial charge in [0, 0.05) is 33.1 Å². The standard InChI is InChI=1S/C23H30N4O4S/c1-17(18-9-5-4-6-10-18)24-23(29)20-11-7-8-12-21(20)25-22(28)19-13-15-27(16-14-19)32(30,31)26(2)3/h4-12,17,19H,13-16H2,1-3H3,(H,24,29)(H,25,28)/t17-/m1/s1. The minimum absolute atomic E-state index is 0.185. The van der Waals surface area contributed by atoms with E-state index in [4.69, 9.17) is 0 Å². The molecule has 2 amide bonds. The molecule has 1 atom stereocenters. The van der Waals surface area contributed by atoms with E-state index >= 15 is 0 Å². The third kappa shape index (κ3) is 5.53. The lowest BCUT2D eigenvalue weighted by Crippen LogP contribution is -2.46. The molecule has 1 fully saturated rings. The van der Waals surface area contributed by atoms with Crippen LogP contribution in [0.25, 0.3) is 0 Å². The predicted octanol–water partition coefficient (Wildman–Crippen LogP) is 2.63. The SMILES string of the molecule is C[C@@H](NC(=O)c1ccccc1NC(=O)C1CCN(S(=O)(=O)N(C)C)CC1)c1ccccc1. The van der Waals surface area contributed by atoms with Crippen LogP contribution in [-0.2, 0) is 15.0 Å². The second-order valence-corrected chi connectivity index (χ2v) is 10.2. The highest BCUT2D eigenvalue weighted by Crippen LogP contribution is 2.24. The molecule has 1 saturated heterocycles. The summed E-state index contributed by atoms with van der Waals surface area (Å²) < 4.78 is 27.1. The summed E-state index contributed by atoms with van der Waals surface area (Å²) in [5.74, 6) is -0.796. The molecule has 1 heterocycles. The Kier molecular flexibility index (Phi) is 7.65. The van der Waals surface area contributed by atoms with Gasteiger partial charge in [0.25, 0.3) is 16.1 Å². The fraction of sp³-hybridized carbons (Fsp3) is 0.391. The van der Waals surface area contributed by atoms with Crippen LogP contribution in [0.2, 0.25) is 0 Å². The summed E-state index contributed by atoms with van der Waals surface area (Å²) in [5, 5.41) is 5.84.